The fraction of sp³-hybridized carbons (Fsp3) is 0.353. The van der Waals surface area contributed by atoms with Crippen LogP contribution in [0.5, 0.6) is 0 Å². The summed E-state index contributed by atoms with van der Waals surface area (Å²) >= 11 is 1.42. The molecule has 2 heterocycles. The third kappa shape index (κ3) is 3.76. The molecule has 23 heavy (non-hydrogen) atoms. The molecule has 0 aliphatic carbocycles. The predicted octanol–water partition coefficient (Wildman–Crippen LogP) is 2.44. The van der Waals surface area contributed by atoms with E-state index in [1.54, 1.807) is 4.90 Å². The molecule has 0 bridgehead atoms. The summed E-state index contributed by atoms with van der Waals surface area (Å²) in [5, 5.41) is 5.48. The van der Waals surface area contributed by atoms with Crippen molar-refractivity contribution in [2.75, 3.05) is 11.4 Å². The van der Waals surface area contributed by atoms with E-state index in [-0.39, 0.29) is 18.2 Å². The summed E-state index contributed by atoms with van der Waals surface area (Å²) in [6.45, 7) is 3.28. The van der Waals surface area contributed by atoms with Gasteiger partial charge in [-0.15, -0.1) is 11.3 Å². The lowest BCUT2D eigenvalue weighted by molar-refractivity contribution is -0.120. The molecule has 1 aromatic heterocycles. The van der Waals surface area contributed by atoms with E-state index in [0.717, 1.165) is 24.1 Å². The molecule has 3 rings (SSSR count). The first kappa shape index (κ1) is 15.7. The number of carbonyl (C=O) groups excluding carboxylic acids is 2. The third-order valence-corrected chi connectivity index (χ3v) is 4.84. The predicted molar refractivity (Wildman–Crippen MR) is 90.4 cm³/mol. The lowest BCUT2D eigenvalue weighted by Gasteiger charge is -2.10. The number of carbonyl (C=O) groups is 2. The molecule has 1 fully saturated rings. The largest absolute Gasteiger partial charge is 0.352 e. The summed E-state index contributed by atoms with van der Waals surface area (Å²) in [7, 11) is 0. The number of hydrogen-bond acceptors (Lipinski definition) is 4. The van der Waals surface area contributed by atoms with Crippen molar-refractivity contribution >= 4 is 28.3 Å². The zero-order chi connectivity index (χ0) is 16.2. The molecule has 1 aliphatic rings. The fourth-order valence-electron chi connectivity index (χ4n) is 2.58. The zero-order valence-electron chi connectivity index (χ0n) is 13.0. The molecular formula is C17H19N3O2S. The monoisotopic (exact) mass is 329 g/mol. The van der Waals surface area contributed by atoms with Gasteiger partial charge in [-0.3, -0.25) is 14.5 Å². The van der Waals surface area contributed by atoms with Gasteiger partial charge in [-0.2, -0.15) is 0 Å². The smallest absolute Gasteiger partial charge is 0.228 e. The van der Waals surface area contributed by atoms with E-state index in [2.05, 4.69) is 10.3 Å². The highest BCUT2D eigenvalue weighted by Crippen LogP contribution is 2.25. The second-order valence-corrected chi connectivity index (χ2v) is 6.49. The van der Waals surface area contributed by atoms with Crippen molar-refractivity contribution in [1.29, 1.82) is 0 Å². The first-order valence-electron chi connectivity index (χ1n) is 7.69. The van der Waals surface area contributed by atoms with Gasteiger partial charge in [0.2, 0.25) is 11.8 Å². The van der Waals surface area contributed by atoms with Crippen molar-refractivity contribution in [3.05, 3.63) is 46.5 Å². The molecule has 0 saturated carbocycles. The minimum atomic E-state index is -0.0575. The Balaban J connectivity index is 1.55. The lowest BCUT2D eigenvalue weighted by atomic mass is 10.1. The second kappa shape index (κ2) is 6.91. The highest BCUT2D eigenvalue weighted by molar-refractivity contribution is 7.14. The van der Waals surface area contributed by atoms with Crippen LogP contribution in [0.1, 0.15) is 29.7 Å². The van der Waals surface area contributed by atoms with Crippen molar-refractivity contribution < 1.29 is 9.59 Å². The van der Waals surface area contributed by atoms with E-state index in [1.807, 2.05) is 36.6 Å². The van der Waals surface area contributed by atoms with Crippen molar-refractivity contribution in [1.82, 2.24) is 10.3 Å². The van der Waals surface area contributed by atoms with Crippen LogP contribution in [0.15, 0.2) is 29.6 Å². The maximum atomic E-state index is 12.1. The van der Waals surface area contributed by atoms with Gasteiger partial charge in [0.25, 0.3) is 0 Å². The normalized spacial score (nSPS) is 14.3. The number of aryl methyl sites for hydroxylation is 1. The van der Waals surface area contributed by atoms with Gasteiger partial charge in [0.1, 0.15) is 0 Å². The number of rotatable bonds is 5. The van der Waals surface area contributed by atoms with Gasteiger partial charge in [-0.25, -0.2) is 4.98 Å². The molecule has 0 unspecified atom stereocenters. The average molecular weight is 329 g/mol. The Bertz CT molecular complexity index is 726. The topological polar surface area (TPSA) is 62.3 Å². The minimum Gasteiger partial charge on any atom is -0.352 e. The van der Waals surface area contributed by atoms with Crippen LogP contribution in [0.4, 0.5) is 5.13 Å². The lowest BCUT2D eigenvalue weighted by Crippen LogP contribution is -2.25. The molecule has 0 radical (unpaired) electrons. The van der Waals surface area contributed by atoms with E-state index in [9.17, 15) is 9.59 Å². The van der Waals surface area contributed by atoms with Crippen LogP contribution in [-0.2, 0) is 22.6 Å². The molecular weight excluding hydrogens is 310 g/mol. The van der Waals surface area contributed by atoms with Gasteiger partial charge < -0.3 is 5.32 Å². The van der Waals surface area contributed by atoms with E-state index < -0.39 is 0 Å². The van der Waals surface area contributed by atoms with Crippen molar-refractivity contribution in [2.24, 2.45) is 0 Å². The number of nitrogens with one attached hydrogen (secondary N) is 1. The van der Waals surface area contributed by atoms with Crippen LogP contribution < -0.4 is 10.2 Å². The Morgan fingerprint density at radius 3 is 2.96 bits per heavy atom. The average Bonchev–Trinajstić information content (AvgIpc) is 3.15. The molecule has 2 aromatic rings. The summed E-state index contributed by atoms with van der Waals surface area (Å²) in [5.41, 5.74) is 2.99. The summed E-state index contributed by atoms with van der Waals surface area (Å²) in [6.07, 6.45) is 1.71. The number of hydrogen-bond donors (Lipinski definition) is 1. The standard InChI is InChI=1S/C17H19N3O2S/c1-12-5-2-3-6-13(12)10-18-15(21)9-14-11-23-17(19-14)20-8-4-7-16(20)22/h2-3,5-6,11H,4,7-10H2,1H3,(H,18,21). The molecule has 0 atom stereocenters. The van der Waals surface area contributed by atoms with Gasteiger partial charge in [-0.05, 0) is 24.5 Å². The Kier molecular flexibility index (Phi) is 4.71. The summed E-state index contributed by atoms with van der Waals surface area (Å²) < 4.78 is 0. The van der Waals surface area contributed by atoms with Crippen LogP contribution in [0, 0.1) is 6.92 Å². The Hall–Kier alpha value is -2.21. The molecule has 1 saturated heterocycles. The fourth-order valence-corrected chi connectivity index (χ4v) is 3.45. The van der Waals surface area contributed by atoms with Crippen LogP contribution in [-0.4, -0.2) is 23.3 Å². The van der Waals surface area contributed by atoms with Crippen LogP contribution in [0.2, 0.25) is 0 Å². The number of benzene rings is 1. The second-order valence-electron chi connectivity index (χ2n) is 5.65. The maximum absolute atomic E-state index is 12.1. The van der Waals surface area contributed by atoms with Gasteiger partial charge >= 0.3 is 0 Å². The van der Waals surface area contributed by atoms with Crippen LogP contribution in [0.3, 0.4) is 0 Å². The summed E-state index contributed by atoms with van der Waals surface area (Å²) in [4.78, 5) is 29.9. The van der Waals surface area contributed by atoms with Crippen LogP contribution >= 0.6 is 11.3 Å². The summed E-state index contributed by atoms with van der Waals surface area (Å²) in [6, 6.07) is 7.99. The van der Waals surface area contributed by atoms with Crippen molar-refractivity contribution in [2.45, 2.75) is 32.7 Å². The first-order valence-corrected chi connectivity index (χ1v) is 8.57. The zero-order valence-corrected chi connectivity index (χ0v) is 13.9. The number of thiazole rings is 1. The summed E-state index contributed by atoms with van der Waals surface area (Å²) in [5.74, 6) is 0.0627. The number of amides is 2. The quantitative estimate of drug-likeness (QED) is 0.916. The highest BCUT2D eigenvalue weighted by atomic mass is 32.1. The van der Waals surface area contributed by atoms with Gasteiger partial charge in [0.05, 0.1) is 12.1 Å². The van der Waals surface area contributed by atoms with Gasteiger partial charge in [0, 0.05) is 24.9 Å². The van der Waals surface area contributed by atoms with Gasteiger partial charge in [-0.1, -0.05) is 24.3 Å². The van der Waals surface area contributed by atoms with Crippen molar-refractivity contribution in [3.63, 3.8) is 0 Å². The van der Waals surface area contributed by atoms with E-state index >= 15 is 0 Å². The molecule has 120 valence electrons. The molecule has 5 nitrogen and oxygen atoms in total. The molecule has 2 amide bonds. The van der Waals surface area contributed by atoms with Crippen LogP contribution in [0.25, 0.3) is 0 Å². The number of aromatic nitrogens is 1. The molecule has 0 spiro atoms. The minimum absolute atomic E-state index is 0.0575. The Labute approximate surface area is 139 Å². The Morgan fingerprint density at radius 2 is 2.22 bits per heavy atom. The number of anilines is 1. The SMILES string of the molecule is Cc1ccccc1CNC(=O)Cc1csc(N2CCCC2=O)n1. The molecule has 1 aliphatic heterocycles. The molecule has 6 heteroatoms. The highest BCUT2D eigenvalue weighted by Gasteiger charge is 2.24. The molecule has 1 N–H and O–H groups in total. The molecule has 1 aromatic carbocycles. The van der Waals surface area contributed by atoms with Crippen molar-refractivity contribution in [3.8, 4) is 0 Å². The van der Waals surface area contributed by atoms with Gasteiger partial charge in [0.15, 0.2) is 5.13 Å². The Morgan fingerprint density at radius 1 is 1.39 bits per heavy atom. The number of nitrogens with zero attached hydrogens (tertiary/aromatic N) is 2. The third-order valence-electron chi connectivity index (χ3n) is 3.92. The maximum Gasteiger partial charge on any atom is 0.228 e. The van der Waals surface area contributed by atoms with E-state index in [1.165, 1.54) is 11.3 Å². The first-order chi connectivity index (χ1) is 11.1. The van der Waals surface area contributed by atoms with E-state index in [0.29, 0.717) is 23.8 Å². The van der Waals surface area contributed by atoms with E-state index in [4.69, 9.17) is 0 Å².